The van der Waals surface area contributed by atoms with Gasteiger partial charge in [0.05, 0.1) is 6.61 Å². The molecule has 14 heavy (non-hydrogen) atoms. The molecule has 0 aliphatic carbocycles. The zero-order valence-electron chi connectivity index (χ0n) is 8.49. The number of methoxy groups -OCH3 is 1. The molecule has 0 aromatic carbocycles. The second kappa shape index (κ2) is 7.58. The fraction of sp³-hybridized carbons (Fsp3) is 1.00. The molecule has 0 saturated heterocycles. The van der Waals surface area contributed by atoms with E-state index in [0.717, 1.165) is 6.54 Å². The molecule has 0 atom stereocenters. The molecule has 0 fully saturated rings. The normalized spacial score (nSPS) is 12.3. The van der Waals surface area contributed by atoms with Crippen LogP contribution in [0.15, 0.2) is 0 Å². The van der Waals surface area contributed by atoms with Gasteiger partial charge in [0.1, 0.15) is 4.66 Å². The van der Waals surface area contributed by atoms with E-state index in [9.17, 15) is 8.42 Å². The van der Waals surface area contributed by atoms with Crippen molar-refractivity contribution in [1.29, 1.82) is 0 Å². The quantitative estimate of drug-likeness (QED) is 0.631. The number of hydrogen-bond acceptors (Lipinski definition) is 4. The summed E-state index contributed by atoms with van der Waals surface area (Å²) >= 11 is 2.90. The van der Waals surface area contributed by atoms with Crippen molar-refractivity contribution in [3.05, 3.63) is 0 Å². The lowest BCUT2D eigenvalue weighted by Crippen LogP contribution is -2.34. The van der Waals surface area contributed by atoms with Gasteiger partial charge in [-0.15, -0.1) is 0 Å². The lowest BCUT2D eigenvalue weighted by molar-refractivity contribution is 0.162. The van der Waals surface area contributed by atoms with Crippen LogP contribution in [0.25, 0.3) is 0 Å². The van der Waals surface area contributed by atoms with Crippen molar-refractivity contribution in [3.8, 4) is 0 Å². The van der Waals surface area contributed by atoms with E-state index in [1.54, 1.807) is 7.11 Å². The summed E-state index contributed by atoms with van der Waals surface area (Å²) in [7, 11) is 0.431. The molecule has 0 amide bonds. The Bertz CT molecular complexity index is 233. The monoisotopic (exact) mass is 288 g/mol. The Balaban J connectivity index is 3.54. The zero-order valence-corrected chi connectivity index (χ0v) is 10.9. The number of hydrogen-bond donors (Lipinski definition) is 1. The first kappa shape index (κ1) is 14.3. The van der Waals surface area contributed by atoms with E-state index >= 15 is 0 Å². The second-order valence-electron chi connectivity index (χ2n) is 2.91. The van der Waals surface area contributed by atoms with Gasteiger partial charge in [0.15, 0.2) is 0 Å². The van der Waals surface area contributed by atoms with Gasteiger partial charge >= 0.3 is 0 Å². The lowest BCUT2D eigenvalue weighted by atomic mass is 10.5. The van der Waals surface area contributed by atoms with Crippen molar-refractivity contribution in [2.45, 2.75) is 0 Å². The maximum atomic E-state index is 11.0. The Kier molecular flexibility index (Phi) is 7.75. The minimum atomic E-state index is -3.13. The minimum absolute atomic E-state index is 0.0538. The minimum Gasteiger partial charge on any atom is -0.383 e. The Hall–Kier alpha value is 0.310. The van der Waals surface area contributed by atoms with E-state index in [2.05, 4.69) is 20.7 Å². The highest BCUT2D eigenvalue weighted by molar-refractivity contribution is 9.10. The third-order valence-corrected chi connectivity index (χ3v) is 4.38. The van der Waals surface area contributed by atoms with Crippen LogP contribution in [0.3, 0.4) is 0 Å². The fourth-order valence-corrected chi connectivity index (χ4v) is 1.75. The van der Waals surface area contributed by atoms with Crippen molar-refractivity contribution in [1.82, 2.24) is 9.62 Å². The van der Waals surface area contributed by atoms with Crippen molar-refractivity contribution >= 4 is 26.0 Å². The van der Waals surface area contributed by atoms with Crippen LogP contribution in [0.5, 0.6) is 0 Å². The summed E-state index contributed by atoms with van der Waals surface area (Å²) in [5.74, 6) is 0. The molecule has 86 valence electrons. The molecule has 0 rings (SSSR count). The topological polar surface area (TPSA) is 58.6 Å². The summed E-state index contributed by atoms with van der Waals surface area (Å²) in [4.78, 5) is 2.00. The van der Waals surface area contributed by atoms with Gasteiger partial charge in [-0.1, -0.05) is 15.9 Å². The fourth-order valence-electron chi connectivity index (χ4n) is 0.790. The zero-order chi connectivity index (χ0) is 11.0. The number of nitrogens with zero attached hydrogens (tertiary/aromatic N) is 1. The van der Waals surface area contributed by atoms with E-state index in [4.69, 9.17) is 4.74 Å². The summed E-state index contributed by atoms with van der Waals surface area (Å²) in [5.41, 5.74) is 0. The van der Waals surface area contributed by atoms with Gasteiger partial charge in [-0.3, -0.25) is 0 Å². The van der Waals surface area contributed by atoms with Gasteiger partial charge in [0.25, 0.3) is 0 Å². The molecule has 0 aliphatic heterocycles. The molecule has 0 spiro atoms. The molecule has 1 N–H and O–H groups in total. The van der Waals surface area contributed by atoms with Crippen LogP contribution in [0.2, 0.25) is 0 Å². The Labute approximate surface area is 94.0 Å². The van der Waals surface area contributed by atoms with Gasteiger partial charge < -0.3 is 9.64 Å². The molecule has 0 aromatic rings. The first-order valence-electron chi connectivity index (χ1n) is 4.22. The summed E-state index contributed by atoms with van der Waals surface area (Å²) in [6.45, 7) is 2.55. The maximum absolute atomic E-state index is 11.0. The molecule has 0 unspecified atom stereocenters. The first-order valence-corrected chi connectivity index (χ1v) is 7.00. The van der Waals surface area contributed by atoms with Gasteiger partial charge in [-0.2, -0.15) is 0 Å². The van der Waals surface area contributed by atoms with Gasteiger partial charge in [0, 0.05) is 26.7 Å². The predicted molar refractivity (Wildman–Crippen MR) is 60.1 cm³/mol. The molecule has 0 bridgehead atoms. The van der Waals surface area contributed by atoms with Crippen molar-refractivity contribution in [3.63, 3.8) is 0 Å². The van der Waals surface area contributed by atoms with Gasteiger partial charge in [-0.05, 0) is 7.05 Å². The molecule has 0 heterocycles. The summed E-state index contributed by atoms with van der Waals surface area (Å²) < 4.78 is 29.3. The van der Waals surface area contributed by atoms with E-state index in [1.165, 1.54) is 0 Å². The van der Waals surface area contributed by atoms with Crippen molar-refractivity contribution in [2.24, 2.45) is 0 Å². The molecule has 0 aromatic heterocycles. The van der Waals surface area contributed by atoms with Crippen molar-refractivity contribution < 1.29 is 13.2 Å². The molecule has 5 nitrogen and oxygen atoms in total. The Morgan fingerprint density at radius 1 is 1.43 bits per heavy atom. The van der Waals surface area contributed by atoms with Gasteiger partial charge in [-0.25, -0.2) is 13.1 Å². The van der Waals surface area contributed by atoms with E-state index < -0.39 is 10.0 Å². The number of nitrogens with one attached hydrogen (secondary N) is 1. The van der Waals surface area contributed by atoms with E-state index in [-0.39, 0.29) is 4.66 Å². The van der Waals surface area contributed by atoms with Crippen LogP contribution in [0, 0.1) is 0 Å². The first-order chi connectivity index (χ1) is 6.52. The molecule has 0 saturated carbocycles. The number of sulfonamides is 1. The second-order valence-corrected chi connectivity index (χ2v) is 6.02. The van der Waals surface area contributed by atoms with Crippen LogP contribution < -0.4 is 4.72 Å². The van der Waals surface area contributed by atoms with E-state index in [0.29, 0.717) is 19.7 Å². The van der Waals surface area contributed by atoms with Gasteiger partial charge in [0.2, 0.25) is 10.0 Å². The van der Waals surface area contributed by atoms with Crippen LogP contribution in [-0.2, 0) is 14.8 Å². The average molecular weight is 289 g/mol. The van der Waals surface area contributed by atoms with Crippen LogP contribution in [0.1, 0.15) is 0 Å². The highest BCUT2D eigenvalue weighted by Crippen LogP contribution is 1.90. The average Bonchev–Trinajstić information content (AvgIpc) is 2.14. The number of alkyl halides is 1. The molecular formula is C7H17BrN2O3S. The van der Waals surface area contributed by atoms with Crippen molar-refractivity contribution in [2.75, 3.05) is 45.1 Å². The summed E-state index contributed by atoms with van der Waals surface area (Å²) in [6.07, 6.45) is 0. The SMILES string of the molecule is COCCN(C)CCNS(=O)(=O)CBr. The number of rotatable bonds is 8. The molecule has 7 heteroatoms. The third kappa shape index (κ3) is 7.69. The third-order valence-electron chi connectivity index (χ3n) is 1.64. The largest absolute Gasteiger partial charge is 0.383 e. The number of ether oxygens (including phenoxy) is 1. The van der Waals surface area contributed by atoms with Crippen LogP contribution >= 0.6 is 15.9 Å². The maximum Gasteiger partial charge on any atom is 0.221 e. The number of likely N-dealkylation sites (N-methyl/N-ethyl adjacent to an activating group) is 1. The molecule has 0 aliphatic rings. The highest BCUT2D eigenvalue weighted by atomic mass is 79.9. The lowest BCUT2D eigenvalue weighted by Gasteiger charge is -2.15. The van der Waals surface area contributed by atoms with Crippen LogP contribution in [-0.4, -0.2) is 58.4 Å². The Morgan fingerprint density at radius 2 is 2.07 bits per heavy atom. The predicted octanol–water partition coefficient (Wildman–Crippen LogP) is -0.164. The summed E-state index contributed by atoms with van der Waals surface area (Å²) in [5, 5.41) is 0. The summed E-state index contributed by atoms with van der Waals surface area (Å²) in [6, 6.07) is 0. The van der Waals surface area contributed by atoms with E-state index in [1.807, 2.05) is 11.9 Å². The standard InChI is InChI=1S/C7H17BrN2O3S/c1-10(5-6-13-2)4-3-9-14(11,12)7-8/h9H,3-7H2,1-2H3. The number of halogens is 1. The molecular weight excluding hydrogens is 272 g/mol. The smallest absolute Gasteiger partial charge is 0.221 e. The highest BCUT2D eigenvalue weighted by Gasteiger charge is 2.06. The molecule has 0 radical (unpaired) electrons. The Morgan fingerprint density at radius 3 is 2.57 bits per heavy atom. The van der Waals surface area contributed by atoms with Crippen LogP contribution in [0.4, 0.5) is 0 Å².